The minimum absolute atomic E-state index is 0.248. The van der Waals surface area contributed by atoms with Crippen LogP contribution in [0.15, 0.2) is 37.1 Å². The Hall–Kier alpha value is -2.67. The molecule has 2 rings (SSSR count). The van der Waals surface area contributed by atoms with E-state index >= 15 is 0 Å². The summed E-state index contributed by atoms with van der Waals surface area (Å²) in [6.07, 6.45) is 3.19. The molecular weight excluding hydrogens is 306 g/mol. The Bertz CT molecular complexity index is 693. The lowest BCUT2D eigenvalue weighted by atomic mass is 10.2. The molecule has 0 saturated carbocycles. The third-order valence-electron chi connectivity index (χ3n) is 2.62. The molecule has 1 aromatic heterocycles. The second-order valence-electron chi connectivity index (χ2n) is 4.15. The summed E-state index contributed by atoms with van der Waals surface area (Å²) in [5, 5.41) is 14.0. The van der Waals surface area contributed by atoms with E-state index in [0.29, 0.717) is 28.6 Å². The summed E-state index contributed by atoms with van der Waals surface area (Å²) in [6.45, 7) is 4.16. The van der Waals surface area contributed by atoms with Crippen LogP contribution in [0.1, 0.15) is 10.4 Å². The molecule has 0 aliphatic rings. The number of ether oxygens (including phenoxy) is 1. The van der Waals surface area contributed by atoms with Crippen molar-refractivity contribution in [3.05, 3.63) is 47.6 Å². The first-order valence-electron chi connectivity index (χ1n) is 6.33. The van der Waals surface area contributed by atoms with Crippen molar-refractivity contribution in [1.82, 2.24) is 15.2 Å². The van der Waals surface area contributed by atoms with Crippen molar-refractivity contribution in [1.29, 1.82) is 0 Å². The minimum Gasteiger partial charge on any atom is -0.465 e. The van der Waals surface area contributed by atoms with Gasteiger partial charge in [0.1, 0.15) is 0 Å². The van der Waals surface area contributed by atoms with Crippen molar-refractivity contribution in [2.45, 2.75) is 0 Å². The topological polar surface area (TPSA) is 89.0 Å². The molecule has 0 amide bonds. The van der Waals surface area contributed by atoms with E-state index in [1.54, 1.807) is 24.3 Å². The number of hydrogen-bond donors (Lipinski definition) is 2. The molecule has 0 radical (unpaired) electrons. The van der Waals surface area contributed by atoms with E-state index in [9.17, 15) is 4.79 Å². The Morgan fingerprint density at radius 2 is 2.32 bits per heavy atom. The van der Waals surface area contributed by atoms with Crippen LogP contribution in [-0.4, -0.2) is 34.8 Å². The number of carbonyl (C=O) groups is 1. The maximum Gasteiger partial charge on any atom is 0.337 e. The van der Waals surface area contributed by atoms with Crippen LogP contribution in [0.4, 0.5) is 17.5 Å². The van der Waals surface area contributed by atoms with Gasteiger partial charge in [0.25, 0.3) is 0 Å². The molecule has 0 saturated heterocycles. The highest BCUT2D eigenvalue weighted by molar-refractivity contribution is 6.33. The number of nitrogens with zero attached hydrogens (tertiary/aromatic N) is 3. The number of halogens is 1. The van der Waals surface area contributed by atoms with E-state index in [4.69, 9.17) is 11.6 Å². The fourth-order valence-electron chi connectivity index (χ4n) is 1.60. The van der Waals surface area contributed by atoms with Crippen LogP contribution in [0.25, 0.3) is 0 Å². The van der Waals surface area contributed by atoms with Crippen molar-refractivity contribution >= 4 is 35.0 Å². The van der Waals surface area contributed by atoms with Crippen LogP contribution < -0.4 is 10.6 Å². The summed E-state index contributed by atoms with van der Waals surface area (Å²) in [7, 11) is 1.31. The van der Waals surface area contributed by atoms with Gasteiger partial charge in [-0.15, -0.1) is 11.7 Å². The van der Waals surface area contributed by atoms with Gasteiger partial charge in [0.05, 0.1) is 29.6 Å². The molecule has 7 nitrogen and oxygen atoms in total. The fraction of sp³-hybridized carbons (Fsp3) is 0.143. The molecule has 0 atom stereocenters. The molecule has 114 valence electrons. The number of carbonyl (C=O) groups excluding carboxylic acids is 1. The third kappa shape index (κ3) is 3.92. The van der Waals surface area contributed by atoms with Crippen molar-refractivity contribution in [3.63, 3.8) is 0 Å². The highest BCUT2D eigenvalue weighted by Crippen LogP contribution is 2.25. The fourth-order valence-corrected chi connectivity index (χ4v) is 1.77. The summed E-state index contributed by atoms with van der Waals surface area (Å²) in [4.78, 5) is 15.8. The Kier molecular flexibility index (Phi) is 5.26. The molecule has 2 aromatic rings. The molecular formula is C14H14ClN5O2. The number of methoxy groups -OCH3 is 1. The van der Waals surface area contributed by atoms with Crippen molar-refractivity contribution < 1.29 is 9.53 Å². The zero-order valence-electron chi connectivity index (χ0n) is 11.8. The molecule has 8 heteroatoms. The number of rotatable bonds is 6. The van der Waals surface area contributed by atoms with Gasteiger partial charge < -0.3 is 15.4 Å². The van der Waals surface area contributed by atoms with Gasteiger partial charge in [-0.05, 0) is 18.2 Å². The van der Waals surface area contributed by atoms with E-state index in [1.807, 2.05) is 0 Å². The van der Waals surface area contributed by atoms with Crippen LogP contribution in [0, 0.1) is 0 Å². The zero-order chi connectivity index (χ0) is 15.9. The van der Waals surface area contributed by atoms with Gasteiger partial charge in [-0.25, -0.2) is 4.79 Å². The highest BCUT2D eigenvalue weighted by atomic mass is 35.5. The predicted octanol–water partition coefficient (Wildman–Crippen LogP) is 2.65. The molecule has 0 aliphatic heterocycles. The van der Waals surface area contributed by atoms with Crippen LogP contribution in [0.3, 0.4) is 0 Å². The van der Waals surface area contributed by atoms with Gasteiger partial charge in [0.15, 0.2) is 5.82 Å². The van der Waals surface area contributed by atoms with Gasteiger partial charge >= 0.3 is 5.97 Å². The lowest BCUT2D eigenvalue weighted by molar-refractivity contribution is 0.0601. The second kappa shape index (κ2) is 7.37. The van der Waals surface area contributed by atoms with Gasteiger partial charge in [-0.2, -0.15) is 10.1 Å². The Labute approximate surface area is 132 Å². The van der Waals surface area contributed by atoms with Gasteiger partial charge in [0.2, 0.25) is 5.95 Å². The first-order valence-corrected chi connectivity index (χ1v) is 6.71. The van der Waals surface area contributed by atoms with Crippen molar-refractivity contribution in [2.75, 3.05) is 24.3 Å². The zero-order valence-corrected chi connectivity index (χ0v) is 12.6. The summed E-state index contributed by atoms with van der Waals surface area (Å²) in [5.41, 5.74) is 0.843. The molecule has 1 aromatic carbocycles. The van der Waals surface area contributed by atoms with Gasteiger partial charge in [0, 0.05) is 6.54 Å². The van der Waals surface area contributed by atoms with Gasteiger partial charge in [-0.1, -0.05) is 17.7 Å². The normalized spacial score (nSPS) is 9.91. The van der Waals surface area contributed by atoms with E-state index in [1.165, 1.54) is 13.3 Å². The minimum atomic E-state index is -0.458. The maximum atomic E-state index is 11.5. The quantitative estimate of drug-likeness (QED) is 0.625. The smallest absolute Gasteiger partial charge is 0.337 e. The standard InChI is InChI=1S/C14H14ClN5O2/c1-3-6-16-12-8-17-20-14(19-12)18-11-7-9(13(21)22-2)4-5-10(11)15/h3-5,7-8H,1,6H2,2H3,(H2,16,18,19,20). The Morgan fingerprint density at radius 1 is 1.50 bits per heavy atom. The summed E-state index contributed by atoms with van der Waals surface area (Å²) in [5.74, 6) is 0.329. The SMILES string of the molecule is C=CCNc1cnnc(Nc2cc(C(=O)OC)ccc2Cl)n1. The number of benzene rings is 1. The van der Waals surface area contributed by atoms with Crippen LogP contribution >= 0.6 is 11.6 Å². The van der Waals surface area contributed by atoms with E-state index in [-0.39, 0.29) is 5.95 Å². The lowest BCUT2D eigenvalue weighted by Crippen LogP contribution is -2.06. The molecule has 2 N–H and O–H groups in total. The lowest BCUT2D eigenvalue weighted by Gasteiger charge is -2.09. The average Bonchev–Trinajstić information content (AvgIpc) is 2.54. The number of esters is 1. The van der Waals surface area contributed by atoms with Crippen LogP contribution in [0.5, 0.6) is 0 Å². The first kappa shape index (κ1) is 15.7. The van der Waals surface area contributed by atoms with E-state index < -0.39 is 5.97 Å². The monoisotopic (exact) mass is 319 g/mol. The number of hydrogen-bond acceptors (Lipinski definition) is 7. The van der Waals surface area contributed by atoms with Gasteiger partial charge in [-0.3, -0.25) is 0 Å². The molecule has 0 aliphatic carbocycles. The molecule has 1 heterocycles. The second-order valence-corrected chi connectivity index (χ2v) is 4.55. The highest BCUT2D eigenvalue weighted by Gasteiger charge is 2.10. The van der Waals surface area contributed by atoms with E-state index in [0.717, 1.165) is 0 Å². The summed E-state index contributed by atoms with van der Waals surface area (Å²) >= 11 is 6.10. The third-order valence-corrected chi connectivity index (χ3v) is 2.95. The molecule has 0 fully saturated rings. The Balaban J connectivity index is 2.22. The average molecular weight is 320 g/mol. The van der Waals surface area contributed by atoms with Crippen LogP contribution in [-0.2, 0) is 4.74 Å². The summed E-state index contributed by atoms with van der Waals surface area (Å²) in [6, 6.07) is 4.71. The molecule has 0 bridgehead atoms. The molecule has 22 heavy (non-hydrogen) atoms. The van der Waals surface area contributed by atoms with Crippen molar-refractivity contribution in [2.24, 2.45) is 0 Å². The Morgan fingerprint density at radius 3 is 3.05 bits per heavy atom. The maximum absolute atomic E-state index is 11.5. The largest absolute Gasteiger partial charge is 0.465 e. The van der Waals surface area contributed by atoms with Crippen LogP contribution in [0.2, 0.25) is 5.02 Å². The first-order chi connectivity index (χ1) is 10.6. The molecule has 0 spiro atoms. The molecule has 0 unspecified atom stereocenters. The van der Waals surface area contributed by atoms with E-state index in [2.05, 4.69) is 37.1 Å². The number of aromatic nitrogens is 3. The summed E-state index contributed by atoms with van der Waals surface area (Å²) < 4.78 is 4.67. The predicted molar refractivity (Wildman–Crippen MR) is 84.6 cm³/mol. The number of anilines is 3. The number of nitrogens with one attached hydrogen (secondary N) is 2. The van der Waals surface area contributed by atoms with Crippen molar-refractivity contribution in [3.8, 4) is 0 Å².